The lowest BCUT2D eigenvalue weighted by Gasteiger charge is -2.26. The number of hydrogen-bond donors (Lipinski definition) is 1. The van der Waals surface area contributed by atoms with Crippen molar-refractivity contribution in [3.63, 3.8) is 0 Å². The Hall–Kier alpha value is -0.900. The fraction of sp³-hybridized carbons (Fsp3) is 0.818. The lowest BCUT2D eigenvalue weighted by molar-refractivity contribution is -0.137. The Kier molecular flexibility index (Phi) is 7.91. The first-order valence-electron chi connectivity index (χ1n) is 5.56. The maximum absolute atomic E-state index is 10.9. The van der Waals surface area contributed by atoms with Gasteiger partial charge in [-0.05, 0) is 32.4 Å². The maximum Gasteiger partial charge on any atom is 0.303 e. The average Bonchev–Trinajstić information content (AvgIpc) is 2.19. The van der Waals surface area contributed by atoms with Crippen LogP contribution in [0.25, 0.3) is 0 Å². The predicted molar refractivity (Wildman–Crippen MR) is 58.9 cm³/mol. The van der Waals surface area contributed by atoms with E-state index in [-0.39, 0.29) is 12.5 Å². The van der Waals surface area contributed by atoms with E-state index in [2.05, 4.69) is 18.7 Å². The highest BCUT2D eigenvalue weighted by Gasteiger charge is 2.17. The van der Waals surface area contributed by atoms with Gasteiger partial charge < -0.3 is 9.90 Å². The highest BCUT2D eigenvalue weighted by atomic mass is 16.4. The minimum atomic E-state index is -0.838. The summed E-state index contributed by atoms with van der Waals surface area (Å²) in [4.78, 5) is 23.4. The van der Waals surface area contributed by atoms with Crippen molar-refractivity contribution >= 4 is 12.3 Å². The second kappa shape index (κ2) is 8.41. The molecule has 1 atom stereocenters. The molecule has 0 aromatic carbocycles. The summed E-state index contributed by atoms with van der Waals surface area (Å²) in [7, 11) is 0. The Morgan fingerprint density at radius 3 is 2.20 bits per heavy atom. The zero-order valence-corrected chi connectivity index (χ0v) is 9.61. The minimum Gasteiger partial charge on any atom is -0.481 e. The highest BCUT2D eigenvalue weighted by molar-refractivity contribution is 5.68. The van der Waals surface area contributed by atoms with Crippen molar-refractivity contribution in [1.82, 2.24) is 4.90 Å². The Bertz CT molecular complexity index is 188. The maximum atomic E-state index is 10.9. The van der Waals surface area contributed by atoms with Crippen LogP contribution in [0.3, 0.4) is 0 Å². The van der Waals surface area contributed by atoms with Crippen molar-refractivity contribution in [2.24, 2.45) is 0 Å². The molecule has 0 amide bonds. The molecule has 0 fully saturated rings. The van der Waals surface area contributed by atoms with Crippen molar-refractivity contribution in [2.75, 3.05) is 13.1 Å². The van der Waals surface area contributed by atoms with Crippen LogP contribution in [0.15, 0.2) is 0 Å². The monoisotopic (exact) mass is 215 g/mol. The molecule has 0 saturated heterocycles. The summed E-state index contributed by atoms with van der Waals surface area (Å²) in [6.07, 6.45) is 3.31. The molecular weight excluding hydrogens is 194 g/mol. The van der Waals surface area contributed by atoms with E-state index >= 15 is 0 Å². The molecule has 0 heterocycles. The third-order valence-corrected chi connectivity index (χ3v) is 2.30. The second-order valence-electron chi connectivity index (χ2n) is 3.67. The Morgan fingerprint density at radius 1 is 1.33 bits per heavy atom. The van der Waals surface area contributed by atoms with Gasteiger partial charge in [-0.2, -0.15) is 0 Å². The van der Waals surface area contributed by atoms with E-state index < -0.39 is 5.97 Å². The summed E-state index contributed by atoms with van der Waals surface area (Å²) < 4.78 is 0. The number of carbonyl (C=O) groups is 2. The lowest BCUT2D eigenvalue weighted by Crippen LogP contribution is -2.38. The van der Waals surface area contributed by atoms with Gasteiger partial charge in [-0.1, -0.05) is 13.8 Å². The summed E-state index contributed by atoms with van der Waals surface area (Å²) in [6.45, 7) is 5.83. The van der Waals surface area contributed by atoms with Crippen LogP contribution in [0.1, 0.15) is 39.5 Å². The topological polar surface area (TPSA) is 57.6 Å². The molecule has 0 aromatic rings. The average molecular weight is 215 g/mol. The Morgan fingerprint density at radius 2 is 1.87 bits per heavy atom. The molecule has 88 valence electrons. The molecule has 0 radical (unpaired) electrons. The van der Waals surface area contributed by atoms with Crippen LogP contribution in [0.2, 0.25) is 0 Å². The fourth-order valence-corrected chi connectivity index (χ4v) is 1.63. The van der Waals surface area contributed by atoms with Gasteiger partial charge in [0.15, 0.2) is 0 Å². The first-order valence-corrected chi connectivity index (χ1v) is 5.56. The number of rotatable bonds is 9. The fourth-order valence-electron chi connectivity index (χ4n) is 1.63. The van der Waals surface area contributed by atoms with Gasteiger partial charge in [0.1, 0.15) is 6.29 Å². The number of nitrogens with zero attached hydrogens (tertiary/aromatic N) is 1. The van der Waals surface area contributed by atoms with E-state index in [1.165, 1.54) is 0 Å². The first-order chi connectivity index (χ1) is 7.15. The Balaban J connectivity index is 4.16. The molecule has 0 saturated carbocycles. The summed E-state index contributed by atoms with van der Waals surface area (Å²) in [6, 6.07) is -0.235. The summed E-state index contributed by atoms with van der Waals surface area (Å²) in [5, 5.41) is 8.57. The standard InChI is InChI=1S/C11H21NO3/c1-3-7-12(8-4-2)10(9-13)5-6-11(14)15/h9-10H,3-8H2,1-2H3,(H,14,15). The number of aldehydes is 1. The summed E-state index contributed by atoms with van der Waals surface area (Å²) >= 11 is 0. The van der Waals surface area contributed by atoms with Gasteiger partial charge >= 0.3 is 5.97 Å². The molecule has 4 nitrogen and oxygen atoms in total. The number of carboxylic acid groups (broad SMARTS) is 1. The van der Waals surface area contributed by atoms with Gasteiger partial charge in [0, 0.05) is 6.42 Å². The molecule has 15 heavy (non-hydrogen) atoms. The van der Waals surface area contributed by atoms with E-state index in [9.17, 15) is 9.59 Å². The lowest BCUT2D eigenvalue weighted by atomic mass is 10.1. The van der Waals surface area contributed by atoms with Crippen LogP contribution < -0.4 is 0 Å². The number of hydrogen-bond acceptors (Lipinski definition) is 3. The molecule has 0 aliphatic rings. The molecule has 0 rings (SSSR count). The Labute approximate surface area is 91.3 Å². The van der Waals surface area contributed by atoms with Gasteiger partial charge in [-0.3, -0.25) is 9.69 Å². The van der Waals surface area contributed by atoms with E-state index in [0.717, 1.165) is 32.2 Å². The molecule has 1 N–H and O–H groups in total. The first kappa shape index (κ1) is 14.1. The van der Waals surface area contributed by atoms with Crippen LogP contribution in [-0.2, 0) is 9.59 Å². The van der Waals surface area contributed by atoms with Gasteiger partial charge in [-0.25, -0.2) is 0 Å². The highest BCUT2D eigenvalue weighted by Crippen LogP contribution is 2.07. The van der Waals surface area contributed by atoms with Gasteiger partial charge in [0.2, 0.25) is 0 Å². The van der Waals surface area contributed by atoms with Crippen LogP contribution in [-0.4, -0.2) is 41.4 Å². The quantitative estimate of drug-likeness (QED) is 0.593. The van der Waals surface area contributed by atoms with E-state index in [4.69, 9.17) is 5.11 Å². The van der Waals surface area contributed by atoms with Crippen molar-refractivity contribution in [3.05, 3.63) is 0 Å². The van der Waals surface area contributed by atoms with Gasteiger partial charge in [0.25, 0.3) is 0 Å². The van der Waals surface area contributed by atoms with Crippen LogP contribution in [0.5, 0.6) is 0 Å². The van der Waals surface area contributed by atoms with Crippen molar-refractivity contribution in [3.8, 4) is 0 Å². The van der Waals surface area contributed by atoms with Crippen LogP contribution >= 0.6 is 0 Å². The number of aliphatic carboxylic acids is 1. The summed E-state index contributed by atoms with van der Waals surface area (Å²) in [5.41, 5.74) is 0. The molecule has 0 aliphatic heterocycles. The van der Waals surface area contributed by atoms with Gasteiger partial charge in [-0.15, -0.1) is 0 Å². The van der Waals surface area contributed by atoms with E-state index in [1.54, 1.807) is 0 Å². The normalized spacial score (nSPS) is 12.7. The molecule has 0 aliphatic carbocycles. The molecule has 1 unspecified atom stereocenters. The molecular formula is C11H21NO3. The molecule has 4 heteroatoms. The van der Waals surface area contributed by atoms with E-state index in [0.29, 0.717) is 6.42 Å². The SMILES string of the molecule is CCCN(CCC)C(C=O)CCC(=O)O. The number of carboxylic acids is 1. The molecule has 0 bridgehead atoms. The zero-order chi connectivity index (χ0) is 11.7. The minimum absolute atomic E-state index is 0.0628. The van der Waals surface area contributed by atoms with Crippen LogP contribution in [0, 0.1) is 0 Å². The largest absolute Gasteiger partial charge is 0.481 e. The summed E-state index contributed by atoms with van der Waals surface area (Å²) in [5.74, 6) is -0.838. The predicted octanol–water partition coefficient (Wildman–Crippen LogP) is 1.54. The van der Waals surface area contributed by atoms with Crippen molar-refractivity contribution < 1.29 is 14.7 Å². The smallest absolute Gasteiger partial charge is 0.303 e. The van der Waals surface area contributed by atoms with Crippen molar-refractivity contribution in [1.29, 1.82) is 0 Å². The van der Waals surface area contributed by atoms with E-state index in [1.807, 2.05) is 0 Å². The third-order valence-electron chi connectivity index (χ3n) is 2.30. The second-order valence-corrected chi connectivity index (χ2v) is 3.67. The van der Waals surface area contributed by atoms with Crippen molar-refractivity contribution in [2.45, 2.75) is 45.6 Å². The number of carbonyl (C=O) groups excluding carboxylic acids is 1. The van der Waals surface area contributed by atoms with Gasteiger partial charge in [0.05, 0.1) is 6.04 Å². The molecule has 0 spiro atoms. The third kappa shape index (κ3) is 6.23. The molecule has 0 aromatic heterocycles. The zero-order valence-electron chi connectivity index (χ0n) is 9.61. The van der Waals surface area contributed by atoms with Crippen LogP contribution in [0.4, 0.5) is 0 Å².